The Morgan fingerprint density at radius 1 is 1.16 bits per heavy atom. The largest absolute Gasteiger partial charge is 0.446 e. The van der Waals surface area contributed by atoms with Crippen molar-refractivity contribution in [1.29, 1.82) is 0 Å². The fraction of sp³-hybridized carbons (Fsp3) is 0.348. The van der Waals surface area contributed by atoms with E-state index in [1.165, 1.54) is 6.07 Å². The molecule has 31 heavy (non-hydrogen) atoms. The summed E-state index contributed by atoms with van der Waals surface area (Å²) in [5.74, 6) is 0. The Kier molecular flexibility index (Phi) is 5.33. The van der Waals surface area contributed by atoms with E-state index < -0.39 is 17.7 Å². The zero-order valence-corrected chi connectivity index (χ0v) is 17.2. The molecule has 0 radical (unpaired) electrons. The van der Waals surface area contributed by atoms with Gasteiger partial charge in [-0.25, -0.2) is 4.79 Å². The predicted octanol–water partition coefficient (Wildman–Crippen LogP) is 5.58. The van der Waals surface area contributed by atoms with Crippen molar-refractivity contribution in [3.05, 3.63) is 65.6 Å². The molecular weight excluding hydrogens is 407 g/mol. The molecule has 1 aliphatic rings. The van der Waals surface area contributed by atoms with Crippen molar-refractivity contribution in [2.75, 3.05) is 5.32 Å². The lowest BCUT2D eigenvalue weighted by atomic mass is 9.86. The number of amides is 1. The molecule has 0 fully saturated rings. The molecule has 0 saturated heterocycles. The normalized spacial score (nSPS) is 16.6. The number of rotatable bonds is 3. The number of ether oxygens (including phenoxy) is 1. The minimum Gasteiger partial charge on any atom is -0.446 e. The van der Waals surface area contributed by atoms with E-state index in [-0.39, 0.29) is 11.8 Å². The number of halogens is 3. The fourth-order valence-corrected chi connectivity index (χ4v) is 3.61. The minimum atomic E-state index is -4.38. The van der Waals surface area contributed by atoms with Gasteiger partial charge in [0.1, 0.15) is 11.5 Å². The summed E-state index contributed by atoms with van der Waals surface area (Å²) in [6, 6.07) is 12.4. The number of fused-ring (bicyclic) bond motifs is 2. The van der Waals surface area contributed by atoms with E-state index in [2.05, 4.69) is 15.3 Å². The molecule has 1 amide bonds. The summed E-state index contributed by atoms with van der Waals surface area (Å²) in [6.07, 6.45) is -2.42. The molecule has 3 aromatic rings. The van der Waals surface area contributed by atoms with Gasteiger partial charge in [0, 0.05) is 17.5 Å². The first-order valence-electron chi connectivity index (χ1n) is 10.0. The van der Waals surface area contributed by atoms with Gasteiger partial charge in [0.2, 0.25) is 0 Å². The van der Waals surface area contributed by atoms with Gasteiger partial charge in [0.25, 0.3) is 0 Å². The third-order valence-corrected chi connectivity index (χ3v) is 5.68. The van der Waals surface area contributed by atoms with Gasteiger partial charge < -0.3 is 4.74 Å². The number of carbonyl (C=O) groups excluding carboxylic acids is 1. The number of aryl methyl sites for hydroxylation is 1. The van der Waals surface area contributed by atoms with E-state index in [0.29, 0.717) is 30.6 Å². The van der Waals surface area contributed by atoms with Crippen LogP contribution in [0.2, 0.25) is 0 Å². The second-order valence-corrected chi connectivity index (χ2v) is 8.24. The summed E-state index contributed by atoms with van der Waals surface area (Å²) < 4.78 is 45.5. The molecule has 0 unspecified atom stereocenters. The van der Waals surface area contributed by atoms with Gasteiger partial charge >= 0.3 is 12.3 Å². The number of alkyl halides is 3. The number of aromatic nitrogens is 2. The van der Waals surface area contributed by atoms with Gasteiger partial charge in [-0.2, -0.15) is 13.2 Å². The Balaban J connectivity index is 1.41. The van der Waals surface area contributed by atoms with E-state index in [1.807, 2.05) is 30.3 Å². The van der Waals surface area contributed by atoms with Gasteiger partial charge in [0.15, 0.2) is 0 Å². The molecule has 8 heteroatoms. The first-order chi connectivity index (χ1) is 14.6. The molecule has 0 spiro atoms. The van der Waals surface area contributed by atoms with Gasteiger partial charge in [-0.05, 0) is 50.5 Å². The van der Waals surface area contributed by atoms with Crippen molar-refractivity contribution in [3.8, 4) is 0 Å². The molecule has 1 aliphatic carbocycles. The number of anilines is 1. The van der Waals surface area contributed by atoms with Gasteiger partial charge in [-0.15, -0.1) is 0 Å². The lowest BCUT2D eigenvalue weighted by Gasteiger charge is -2.29. The van der Waals surface area contributed by atoms with Crippen LogP contribution in [0.1, 0.15) is 37.2 Å². The molecule has 0 saturated carbocycles. The second kappa shape index (κ2) is 7.83. The van der Waals surface area contributed by atoms with Crippen LogP contribution in [0.15, 0.2) is 48.7 Å². The van der Waals surface area contributed by atoms with Crippen LogP contribution >= 0.6 is 0 Å². The monoisotopic (exact) mass is 429 g/mol. The Bertz CT molecular complexity index is 1130. The molecule has 0 bridgehead atoms. The highest BCUT2D eigenvalue weighted by Crippen LogP contribution is 2.40. The van der Waals surface area contributed by atoms with E-state index in [9.17, 15) is 18.0 Å². The fourth-order valence-electron chi connectivity index (χ4n) is 3.61. The number of hydrogen-bond acceptors (Lipinski definition) is 4. The van der Waals surface area contributed by atoms with Crippen molar-refractivity contribution in [2.45, 2.75) is 50.8 Å². The topological polar surface area (TPSA) is 64.1 Å². The van der Waals surface area contributed by atoms with Crippen molar-refractivity contribution < 1.29 is 22.7 Å². The van der Waals surface area contributed by atoms with E-state index >= 15 is 0 Å². The zero-order valence-electron chi connectivity index (χ0n) is 17.2. The van der Waals surface area contributed by atoms with Crippen LogP contribution in [0.4, 0.5) is 23.7 Å². The standard InChI is InChI=1S/C23H22F3N3O2/c1-22(2,23(24,25)26)20-10-7-15-12-17(8-9-19(15)29-20)31-21(30)28-16-11-14-5-3-4-6-18(14)27-13-16/h3-7,10-11,13,17H,8-9,12H2,1-2H3,(H,28,30)/t17-/m1/s1. The van der Waals surface area contributed by atoms with Gasteiger partial charge in [-0.1, -0.05) is 24.3 Å². The lowest BCUT2D eigenvalue weighted by Crippen LogP contribution is -2.38. The molecule has 1 atom stereocenters. The Morgan fingerprint density at radius 3 is 2.71 bits per heavy atom. The lowest BCUT2D eigenvalue weighted by molar-refractivity contribution is -0.181. The molecule has 2 heterocycles. The van der Waals surface area contributed by atoms with Crippen LogP contribution in [-0.2, 0) is 23.0 Å². The van der Waals surface area contributed by atoms with Crippen LogP contribution in [0.5, 0.6) is 0 Å². The summed E-state index contributed by atoms with van der Waals surface area (Å²) in [5.41, 5.74) is 0.765. The van der Waals surface area contributed by atoms with E-state index in [4.69, 9.17) is 4.74 Å². The number of carbonyl (C=O) groups is 1. The third-order valence-electron chi connectivity index (χ3n) is 5.68. The highest BCUT2D eigenvalue weighted by Gasteiger charge is 2.49. The van der Waals surface area contributed by atoms with Crippen LogP contribution in [-0.4, -0.2) is 28.3 Å². The third kappa shape index (κ3) is 4.33. The molecular formula is C23H22F3N3O2. The van der Waals surface area contributed by atoms with Crippen LogP contribution < -0.4 is 5.32 Å². The smallest absolute Gasteiger partial charge is 0.411 e. The molecule has 0 aliphatic heterocycles. The Labute approximate surface area is 177 Å². The van der Waals surface area contributed by atoms with E-state index in [0.717, 1.165) is 30.3 Å². The highest BCUT2D eigenvalue weighted by atomic mass is 19.4. The van der Waals surface area contributed by atoms with Gasteiger partial charge in [0.05, 0.1) is 23.1 Å². The van der Waals surface area contributed by atoms with Crippen molar-refractivity contribution in [2.24, 2.45) is 0 Å². The zero-order chi connectivity index (χ0) is 22.2. The molecule has 1 aromatic carbocycles. The quantitative estimate of drug-likeness (QED) is 0.591. The molecule has 4 rings (SSSR count). The summed E-state index contributed by atoms with van der Waals surface area (Å²) in [5, 5.41) is 3.59. The number of nitrogens with zero attached hydrogens (tertiary/aromatic N) is 2. The van der Waals surface area contributed by atoms with Crippen molar-refractivity contribution >= 4 is 22.7 Å². The second-order valence-electron chi connectivity index (χ2n) is 8.24. The highest BCUT2D eigenvalue weighted by molar-refractivity contribution is 5.89. The maximum absolute atomic E-state index is 13.3. The first-order valence-corrected chi connectivity index (χ1v) is 10.0. The number of para-hydroxylation sites is 1. The summed E-state index contributed by atoms with van der Waals surface area (Å²) >= 11 is 0. The number of pyridine rings is 2. The summed E-state index contributed by atoms with van der Waals surface area (Å²) in [7, 11) is 0. The summed E-state index contributed by atoms with van der Waals surface area (Å²) in [4.78, 5) is 20.9. The number of nitrogens with one attached hydrogen (secondary N) is 1. The Morgan fingerprint density at radius 2 is 1.94 bits per heavy atom. The molecule has 1 N–H and O–H groups in total. The Hall–Kier alpha value is -3.16. The average Bonchev–Trinajstić information content (AvgIpc) is 2.72. The van der Waals surface area contributed by atoms with Crippen molar-refractivity contribution in [3.63, 3.8) is 0 Å². The molecule has 2 aromatic heterocycles. The predicted molar refractivity (Wildman–Crippen MR) is 111 cm³/mol. The van der Waals surface area contributed by atoms with Crippen LogP contribution in [0, 0.1) is 0 Å². The molecule has 162 valence electrons. The van der Waals surface area contributed by atoms with Crippen LogP contribution in [0.3, 0.4) is 0 Å². The molecule has 5 nitrogen and oxygen atoms in total. The minimum absolute atomic E-state index is 0.000310. The SMILES string of the molecule is CC(C)(c1ccc2c(n1)CC[C@@H](OC(=O)Nc1cnc3ccccc3c1)C2)C(F)(F)F. The van der Waals surface area contributed by atoms with Crippen LogP contribution in [0.25, 0.3) is 10.9 Å². The van der Waals surface area contributed by atoms with E-state index in [1.54, 1.807) is 12.3 Å². The van der Waals surface area contributed by atoms with Gasteiger partial charge in [-0.3, -0.25) is 15.3 Å². The average molecular weight is 429 g/mol. The maximum Gasteiger partial charge on any atom is 0.411 e. The maximum atomic E-state index is 13.3. The number of benzene rings is 1. The summed E-state index contributed by atoms with van der Waals surface area (Å²) in [6.45, 7) is 2.25. The van der Waals surface area contributed by atoms with Crippen molar-refractivity contribution in [1.82, 2.24) is 9.97 Å². The number of hydrogen-bond donors (Lipinski definition) is 1. The first kappa shape index (κ1) is 21.1.